The number of nitrogens with one attached hydrogen (secondary N) is 2. The van der Waals surface area contributed by atoms with Gasteiger partial charge in [-0.25, -0.2) is 10.2 Å². The fourth-order valence-electron chi connectivity index (χ4n) is 4.92. The first-order chi connectivity index (χ1) is 22.4. The van der Waals surface area contributed by atoms with E-state index in [2.05, 4.69) is 206 Å². The first-order valence-electron chi connectivity index (χ1n) is 15.1. The molecule has 0 radical (unpaired) electrons. The average Bonchev–Trinajstić information content (AvgIpc) is 3.14. The summed E-state index contributed by atoms with van der Waals surface area (Å²) in [5, 5.41) is 14.1. The van der Waals surface area contributed by atoms with Crippen molar-refractivity contribution in [2.45, 2.75) is 25.9 Å². The van der Waals surface area contributed by atoms with Crippen LogP contribution in [0.15, 0.2) is 182 Å². The molecule has 0 amide bonds. The maximum atomic E-state index is 4.06. The first-order valence-corrected chi connectivity index (χ1v) is 17.8. The van der Waals surface area contributed by atoms with Crippen molar-refractivity contribution in [3.8, 4) is 0 Å². The van der Waals surface area contributed by atoms with E-state index in [4.69, 9.17) is 0 Å². The lowest BCUT2D eigenvalue weighted by atomic mass is 10.1. The Morgan fingerprint density at radius 2 is 0.543 bits per heavy atom. The molecule has 6 heteroatoms. The summed E-state index contributed by atoms with van der Waals surface area (Å²) in [6.07, 6.45) is 0. The summed E-state index contributed by atoms with van der Waals surface area (Å²) >= 11 is 0. The summed E-state index contributed by atoms with van der Waals surface area (Å²) in [4.78, 5) is 0. The molecule has 6 aromatic carbocycles. The third-order valence-corrected chi connectivity index (χ3v) is 11.9. The summed E-state index contributed by atoms with van der Waals surface area (Å²) in [5.41, 5.74) is 2.73. The van der Waals surface area contributed by atoms with Crippen LogP contribution in [-0.4, -0.2) is 15.1 Å². The highest BCUT2D eigenvalue weighted by atomic mass is 31.2. The number of benzene rings is 6. The maximum absolute atomic E-state index is 4.06. The number of hydrogen-bond acceptors (Lipinski definition) is 2. The van der Waals surface area contributed by atoms with Crippen LogP contribution >= 0.6 is 14.6 Å². The van der Waals surface area contributed by atoms with Crippen LogP contribution in [0.2, 0.25) is 0 Å². The molecular weight excluding hydrogens is 592 g/mol. The van der Waals surface area contributed by atoms with Crippen molar-refractivity contribution in [2.75, 3.05) is 0 Å². The molecule has 2 N–H and O–H groups in total. The summed E-state index contributed by atoms with van der Waals surface area (Å²) < 4.78 is 0. The predicted molar refractivity (Wildman–Crippen MR) is 214 cm³/mol. The molecule has 46 heavy (non-hydrogen) atoms. The molecule has 0 saturated carbocycles. The van der Waals surface area contributed by atoms with Gasteiger partial charge in [0, 0.05) is 0 Å². The van der Waals surface area contributed by atoms with Gasteiger partial charge in [-0.3, -0.25) is 0 Å². The lowest BCUT2D eigenvalue weighted by molar-refractivity contribution is 0.746. The van der Waals surface area contributed by atoms with E-state index in [1.54, 1.807) is 0 Å². The van der Waals surface area contributed by atoms with E-state index < -0.39 is 14.6 Å². The number of rotatable bonds is 10. The fourth-order valence-corrected chi connectivity index (χ4v) is 9.07. The molecule has 0 saturated heterocycles. The molecule has 0 unspecified atom stereocenters. The molecule has 6 aromatic rings. The van der Waals surface area contributed by atoms with Crippen LogP contribution in [-0.2, 0) is 0 Å². The first kappa shape index (κ1) is 33.6. The molecule has 2 atom stereocenters. The molecule has 0 spiro atoms. The lowest BCUT2D eigenvalue weighted by Gasteiger charge is -2.33. The Labute approximate surface area is 279 Å². The minimum atomic E-state index is -1.40. The second-order valence-corrected chi connectivity index (χ2v) is 14.5. The van der Waals surface area contributed by atoms with Gasteiger partial charge in [-0.15, -0.1) is 0 Å². The Balaban J connectivity index is 0.000000181. The summed E-state index contributed by atoms with van der Waals surface area (Å²) in [5.74, 6) is 0. The molecule has 0 aromatic heterocycles. The van der Waals surface area contributed by atoms with E-state index in [-0.39, 0.29) is 15.1 Å². The SMILES string of the molecule is [BH3-][P+](N[C@@H](C)c1ccccc1)(c1ccccc1)c1ccccc1.[BH3-][P+](N[C@@H](C)c1ccccc1)(c1ccccc1)c1ccccc1. The third kappa shape index (κ3) is 8.33. The minimum Gasteiger partial charge on any atom is -0.220 e. The fraction of sp³-hybridized carbons (Fsp3) is 0.100. The minimum absolute atomic E-state index is 0.0687. The van der Waals surface area contributed by atoms with E-state index >= 15 is 0 Å². The van der Waals surface area contributed by atoms with Gasteiger partial charge in [0.2, 0.25) is 0 Å². The molecule has 0 bridgehead atoms. The summed E-state index contributed by atoms with van der Waals surface area (Å²) in [6, 6.07) is 66.5. The van der Waals surface area contributed by atoms with Crippen molar-refractivity contribution in [3.05, 3.63) is 193 Å². The van der Waals surface area contributed by atoms with Gasteiger partial charge in [0.05, 0.1) is 33.3 Å². The second kappa shape index (κ2) is 16.2. The largest absolute Gasteiger partial charge is 0.220 e. The normalized spacial score (nSPS) is 12.8. The molecule has 0 aliphatic heterocycles. The second-order valence-electron chi connectivity index (χ2n) is 10.5. The summed E-state index contributed by atoms with van der Waals surface area (Å²) in [6.45, 7) is 4.58. The van der Waals surface area contributed by atoms with E-state index in [0.29, 0.717) is 12.1 Å². The standard InChI is InChI=1S/2C20H23BNP/c2*1-17(18-11-5-2-6-12-18)22-23(21,19-13-7-3-8-14-19)20-15-9-4-10-16-20/h2*2-17,22H,1,21H3/t2*17-/m00/s1. The average molecular weight is 638 g/mol. The van der Waals surface area contributed by atoms with Gasteiger partial charge in [-0.1, -0.05) is 133 Å². The summed E-state index contributed by atoms with van der Waals surface area (Å²) in [7, 11) is -2.65. The van der Waals surface area contributed by atoms with Gasteiger partial charge in [-0.05, 0) is 88.1 Å². The van der Waals surface area contributed by atoms with E-state index in [1.807, 2.05) is 0 Å². The van der Waals surface area contributed by atoms with Crippen molar-refractivity contribution in [1.82, 2.24) is 10.2 Å². The van der Waals surface area contributed by atoms with Gasteiger partial charge >= 0.3 is 0 Å². The molecular formula is C40H46B2N2P2. The molecule has 0 aliphatic rings. The van der Waals surface area contributed by atoms with Crippen molar-refractivity contribution in [3.63, 3.8) is 0 Å². The van der Waals surface area contributed by atoms with E-state index in [9.17, 15) is 0 Å². The molecule has 2 nitrogen and oxygen atoms in total. The quantitative estimate of drug-likeness (QED) is 0.134. The smallest absolute Gasteiger partial charge is 0.156 e. The van der Waals surface area contributed by atoms with Crippen molar-refractivity contribution in [1.29, 1.82) is 0 Å². The van der Waals surface area contributed by atoms with Crippen molar-refractivity contribution >= 4 is 50.9 Å². The highest BCUT2D eigenvalue weighted by Crippen LogP contribution is 2.50. The highest BCUT2D eigenvalue weighted by Gasteiger charge is 2.33. The van der Waals surface area contributed by atoms with E-state index in [0.717, 1.165) is 0 Å². The van der Waals surface area contributed by atoms with Crippen LogP contribution in [0.1, 0.15) is 37.1 Å². The Hall–Kier alpha value is -3.77. The Kier molecular flexibility index (Phi) is 11.8. The Bertz CT molecular complexity index is 1520. The van der Waals surface area contributed by atoms with Crippen LogP contribution < -0.4 is 31.4 Å². The van der Waals surface area contributed by atoms with Gasteiger partial charge < -0.3 is 0 Å². The Morgan fingerprint density at radius 1 is 0.348 bits per heavy atom. The molecule has 0 aliphatic carbocycles. The zero-order valence-corrected chi connectivity index (χ0v) is 27.2. The van der Waals surface area contributed by atoms with Gasteiger partial charge in [0.1, 0.15) is 0 Å². The van der Waals surface area contributed by atoms with Crippen LogP contribution in [0, 0.1) is 0 Å². The van der Waals surface area contributed by atoms with E-state index in [1.165, 1.54) is 32.3 Å². The van der Waals surface area contributed by atoms with Crippen LogP contribution in [0.5, 0.6) is 0 Å². The van der Waals surface area contributed by atoms with Gasteiger partial charge in [0.25, 0.3) is 0 Å². The predicted octanol–water partition coefficient (Wildman–Crippen LogP) is 6.40. The molecule has 0 fully saturated rings. The highest BCUT2D eigenvalue weighted by molar-refractivity contribution is 8.07. The molecule has 0 heterocycles. The zero-order chi connectivity index (χ0) is 32.2. The Morgan fingerprint density at radius 3 is 0.761 bits per heavy atom. The maximum Gasteiger partial charge on any atom is 0.156 e. The monoisotopic (exact) mass is 638 g/mol. The zero-order valence-electron chi connectivity index (χ0n) is 25.4. The van der Waals surface area contributed by atoms with Crippen LogP contribution in [0.3, 0.4) is 0 Å². The van der Waals surface area contributed by atoms with Crippen LogP contribution in [0.25, 0.3) is 0 Å². The van der Waals surface area contributed by atoms with Gasteiger partial charge in [0.15, 0.2) is 15.1 Å². The topological polar surface area (TPSA) is 24.1 Å². The van der Waals surface area contributed by atoms with Gasteiger partial charge in [-0.2, -0.15) is 0 Å². The van der Waals surface area contributed by atoms with Crippen molar-refractivity contribution in [2.24, 2.45) is 0 Å². The molecule has 6 rings (SSSR count). The third-order valence-electron chi connectivity index (χ3n) is 7.30. The molecule has 232 valence electrons. The van der Waals surface area contributed by atoms with Crippen LogP contribution in [0.4, 0.5) is 0 Å². The lowest BCUT2D eigenvalue weighted by Crippen LogP contribution is -2.35. The number of hydrogen-bond donors (Lipinski definition) is 2. The van der Waals surface area contributed by atoms with Crippen molar-refractivity contribution < 1.29 is 0 Å².